The monoisotopic (exact) mass is 972 g/mol. The molecular weight excluding hydrogens is 901 g/mol. The van der Waals surface area contributed by atoms with Crippen LogP contribution in [-0.2, 0) is 77.8 Å². The minimum absolute atomic E-state index is 0.0355. The van der Waals surface area contributed by atoms with Crippen LogP contribution >= 0.6 is 0 Å². The van der Waals surface area contributed by atoms with Crippen LogP contribution in [0.4, 0.5) is 0 Å². The van der Waals surface area contributed by atoms with Gasteiger partial charge in [-0.1, -0.05) is 24.3 Å². The molecule has 4 atom stereocenters. The molecule has 5 N–H and O–H groups in total. The van der Waals surface area contributed by atoms with Crippen molar-refractivity contribution in [2.24, 2.45) is 0 Å². The molecule has 380 valence electrons. The van der Waals surface area contributed by atoms with E-state index in [9.17, 15) is 35.1 Å². The molecule has 6 rings (SSSR count). The number of ether oxygens (including phenoxy) is 7. The summed E-state index contributed by atoms with van der Waals surface area (Å²) < 4.78 is 40.9. The third-order valence-corrected chi connectivity index (χ3v) is 14.5. The number of quaternary nitrogens is 2. The van der Waals surface area contributed by atoms with Crippen LogP contribution in [0.5, 0.6) is 28.7 Å². The molecule has 0 bridgehead atoms. The zero-order valence-corrected chi connectivity index (χ0v) is 41.8. The molecule has 0 spiro atoms. The Balaban J connectivity index is 1.07. The van der Waals surface area contributed by atoms with Gasteiger partial charge in [-0.2, -0.15) is 0 Å². The highest BCUT2D eigenvalue weighted by molar-refractivity contribution is 5.91. The molecule has 2 aliphatic rings. The van der Waals surface area contributed by atoms with E-state index in [-0.39, 0.29) is 58.3 Å². The molecular formula is C54H72N2O14+2. The Kier molecular flexibility index (Phi) is 18.7. The summed E-state index contributed by atoms with van der Waals surface area (Å²) in [4.78, 5) is 25.7. The zero-order valence-electron chi connectivity index (χ0n) is 41.8. The maximum absolute atomic E-state index is 12.9. The molecule has 16 nitrogen and oxygen atoms in total. The van der Waals surface area contributed by atoms with E-state index in [4.69, 9.17) is 33.2 Å². The van der Waals surface area contributed by atoms with E-state index < -0.39 is 11.9 Å². The highest BCUT2D eigenvalue weighted by atomic mass is 16.5. The number of fused-ring (bicyclic) bond motifs is 2. The Morgan fingerprint density at radius 1 is 0.557 bits per heavy atom. The molecule has 2 heterocycles. The molecule has 16 heteroatoms. The van der Waals surface area contributed by atoms with Gasteiger partial charge >= 0.3 is 11.9 Å². The van der Waals surface area contributed by atoms with E-state index in [2.05, 4.69) is 14.1 Å². The molecule has 4 unspecified atom stereocenters. The first-order valence-corrected chi connectivity index (χ1v) is 23.8. The summed E-state index contributed by atoms with van der Waals surface area (Å²) in [6, 6.07) is 15.4. The second kappa shape index (κ2) is 24.4. The van der Waals surface area contributed by atoms with Crippen molar-refractivity contribution < 1.29 is 77.2 Å². The minimum Gasteiger partial charge on any atom is -0.496 e. The standard InChI is InChI=1S/C54H72N2O14/c1-55(18-14-37-28-47(64-3)48(65-4)29-43(37)45(55)25-36-23-42(33-60)53(67-6)49(26-36)66-5)16-8-20-69-50(62)12-13-51(63)70-21-9-17-56(2)19-15-38-27-41(32-59)44(34-61)54(68-7)52(38)46(56)24-35-10-11-39(30-57)40(22-35)31-58/h10-13,22-23,26-29,45-46,57-61H,8-9,14-21,24-25,30-34H2,1-7H3/q+2/b13-12+. The molecule has 4 aromatic rings. The quantitative estimate of drug-likeness (QED) is 0.0275. The van der Waals surface area contributed by atoms with E-state index in [0.29, 0.717) is 111 Å². The predicted octanol–water partition coefficient (Wildman–Crippen LogP) is 4.89. The topological polar surface area (TPSA) is 200 Å². The van der Waals surface area contributed by atoms with Crippen LogP contribution in [0.25, 0.3) is 0 Å². The van der Waals surface area contributed by atoms with Crippen LogP contribution in [0.15, 0.2) is 60.7 Å². The summed E-state index contributed by atoms with van der Waals surface area (Å²) in [6.07, 6.45) is 5.90. The maximum atomic E-state index is 12.9. The molecule has 0 fully saturated rings. The zero-order chi connectivity index (χ0) is 50.6. The van der Waals surface area contributed by atoms with E-state index in [0.717, 1.165) is 65.0 Å². The SMILES string of the molecule is COc1cc2c(cc1OC)C(Cc1cc(CO)c(OC)c(OC)c1)[N+](C)(CCCOC(=O)/C=C/C(=O)OCCC[N+]1(C)CCc3cc(CO)c(CO)c(OC)c3C1Cc1ccc(CO)c(CO)c1)CC2. The Labute approximate surface area is 411 Å². The fourth-order valence-corrected chi connectivity index (χ4v) is 10.6. The van der Waals surface area contributed by atoms with Gasteiger partial charge in [0.05, 0.1) is 128 Å². The number of hydrogen-bond donors (Lipinski definition) is 5. The number of likely N-dealkylation sites (N-methyl/N-ethyl adjacent to an activating group) is 2. The van der Waals surface area contributed by atoms with Gasteiger partial charge in [-0.3, -0.25) is 0 Å². The first kappa shape index (κ1) is 53.6. The van der Waals surface area contributed by atoms with Crippen LogP contribution in [-0.4, -0.2) is 135 Å². The van der Waals surface area contributed by atoms with Gasteiger partial charge in [0.25, 0.3) is 0 Å². The number of aliphatic hydroxyl groups excluding tert-OH is 5. The molecule has 0 saturated heterocycles. The lowest BCUT2D eigenvalue weighted by Crippen LogP contribution is -2.53. The second-order valence-corrected chi connectivity index (χ2v) is 18.6. The first-order valence-electron chi connectivity index (χ1n) is 23.8. The fourth-order valence-electron chi connectivity index (χ4n) is 10.6. The summed E-state index contributed by atoms with van der Waals surface area (Å²) in [6.45, 7) is 1.94. The summed E-state index contributed by atoms with van der Waals surface area (Å²) >= 11 is 0. The van der Waals surface area contributed by atoms with Crippen LogP contribution in [0, 0.1) is 0 Å². The summed E-state index contributed by atoms with van der Waals surface area (Å²) in [5.41, 5.74) is 9.26. The van der Waals surface area contributed by atoms with E-state index >= 15 is 0 Å². The van der Waals surface area contributed by atoms with Crippen LogP contribution in [0.1, 0.15) is 86.1 Å². The lowest BCUT2D eigenvalue weighted by Gasteiger charge is -2.46. The second-order valence-electron chi connectivity index (χ2n) is 18.6. The number of benzene rings is 4. The largest absolute Gasteiger partial charge is 0.496 e. The Hall–Kier alpha value is -5.72. The van der Waals surface area contributed by atoms with E-state index in [1.165, 1.54) is 0 Å². The van der Waals surface area contributed by atoms with Gasteiger partial charge in [-0.25, -0.2) is 9.59 Å². The number of carbonyl (C=O) groups is 2. The van der Waals surface area contributed by atoms with Crippen molar-refractivity contribution in [3.8, 4) is 28.7 Å². The third kappa shape index (κ3) is 11.9. The number of esters is 2. The minimum atomic E-state index is -0.661. The van der Waals surface area contributed by atoms with Gasteiger partial charge in [0, 0.05) is 67.4 Å². The Morgan fingerprint density at radius 2 is 1.10 bits per heavy atom. The third-order valence-electron chi connectivity index (χ3n) is 14.5. The van der Waals surface area contributed by atoms with Gasteiger partial charge < -0.3 is 67.7 Å². The average Bonchev–Trinajstić information content (AvgIpc) is 3.38. The highest BCUT2D eigenvalue weighted by Crippen LogP contribution is 2.46. The number of hydrogen-bond acceptors (Lipinski definition) is 14. The molecule has 0 aromatic heterocycles. The summed E-state index contributed by atoms with van der Waals surface area (Å²) in [5.74, 6) is 1.56. The Bertz CT molecular complexity index is 2470. The predicted molar refractivity (Wildman–Crippen MR) is 261 cm³/mol. The van der Waals surface area contributed by atoms with E-state index in [1.54, 1.807) is 35.5 Å². The molecule has 70 heavy (non-hydrogen) atoms. The van der Waals surface area contributed by atoms with Crippen molar-refractivity contribution in [2.45, 2.75) is 83.6 Å². The smallest absolute Gasteiger partial charge is 0.331 e. The normalized spacial score (nSPS) is 19.5. The van der Waals surface area contributed by atoms with Crippen molar-refractivity contribution >= 4 is 11.9 Å². The Morgan fingerprint density at radius 3 is 1.66 bits per heavy atom. The lowest BCUT2D eigenvalue weighted by molar-refractivity contribution is -0.941. The first-order chi connectivity index (χ1) is 33.8. The van der Waals surface area contributed by atoms with Crippen molar-refractivity contribution in [3.63, 3.8) is 0 Å². The van der Waals surface area contributed by atoms with Crippen molar-refractivity contribution in [1.82, 2.24) is 0 Å². The lowest BCUT2D eigenvalue weighted by atomic mass is 9.82. The number of carbonyl (C=O) groups excluding carboxylic acids is 2. The molecule has 0 amide bonds. The van der Waals surface area contributed by atoms with Gasteiger partial charge in [0.1, 0.15) is 17.8 Å². The molecule has 0 saturated carbocycles. The molecule has 0 radical (unpaired) electrons. The van der Waals surface area contributed by atoms with Crippen LogP contribution < -0.4 is 23.7 Å². The highest BCUT2D eigenvalue weighted by Gasteiger charge is 2.43. The summed E-state index contributed by atoms with van der Waals surface area (Å²) in [5, 5.41) is 50.7. The van der Waals surface area contributed by atoms with Crippen LogP contribution in [0.3, 0.4) is 0 Å². The number of nitrogens with zero attached hydrogens (tertiary/aromatic N) is 2. The van der Waals surface area contributed by atoms with Crippen molar-refractivity contribution in [1.29, 1.82) is 0 Å². The van der Waals surface area contributed by atoms with Gasteiger partial charge in [0.2, 0.25) is 0 Å². The average molecular weight is 973 g/mol. The van der Waals surface area contributed by atoms with Crippen LogP contribution in [0.2, 0.25) is 0 Å². The molecule has 4 aromatic carbocycles. The maximum Gasteiger partial charge on any atom is 0.331 e. The van der Waals surface area contributed by atoms with Gasteiger partial charge in [0.15, 0.2) is 23.0 Å². The number of rotatable bonds is 24. The van der Waals surface area contributed by atoms with Crippen molar-refractivity contribution in [3.05, 3.63) is 122 Å². The number of aliphatic hydroxyl groups is 5. The van der Waals surface area contributed by atoms with E-state index in [1.807, 2.05) is 48.5 Å². The molecule has 2 aliphatic heterocycles. The van der Waals surface area contributed by atoms with Crippen molar-refractivity contribution in [2.75, 3.05) is 89.0 Å². The molecule has 0 aliphatic carbocycles. The summed E-state index contributed by atoms with van der Waals surface area (Å²) in [7, 11) is 12.3. The number of methoxy groups -OCH3 is 5. The fraction of sp³-hybridized carbons (Fsp3) is 0.481. The van der Waals surface area contributed by atoms with Gasteiger partial charge in [-0.15, -0.1) is 0 Å². The van der Waals surface area contributed by atoms with Gasteiger partial charge in [-0.05, 0) is 63.2 Å².